The predicted octanol–water partition coefficient (Wildman–Crippen LogP) is 4.17. The number of rotatable bonds is 18. The summed E-state index contributed by atoms with van der Waals surface area (Å²) < 4.78 is 12.6. The Balaban J connectivity index is 0.912. The molecule has 2 aromatic carbocycles. The highest BCUT2D eigenvalue weighted by atomic mass is 16.5. The number of methoxy groups -OCH3 is 2. The highest BCUT2D eigenvalue weighted by Crippen LogP contribution is 2.30. The molecule has 4 aromatic rings. The number of ether oxygens (including phenoxy) is 2. The molecule has 2 aliphatic rings. The van der Waals surface area contributed by atoms with Gasteiger partial charge in [0.25, 0.3) is 5.91 Å². The molecular formula is C43H63N11O4. The monoisotopic (exact) mass is 798 g/mol. The number of nitrogen functional groups attached to an aromatic ring is 1. The van der Waals surface area contributed by atoms with Crippen LogP contribution in [0.5, 0.6) is 11.5 Å². The molecule has 6 rings (SSSR count). The van der Waals surface area contributed by atoms with Gasteiger partial charge in [0.15, 0.2) is 11.8 Å². The molecule has 4 heterocycles. The summed E-state index contributed by atoms with van der Waals surface area (Å²) in [4.78, 5) is 37.7. The normalized spacial score (nSPS) is 20.2. The number of carbonyl (C=O) groups excluding carboxylic acids is 2. The number of aromatic nitrogens is 4. The van der Waals surface area contributed by atoms with E-state index in [2.05, 4.69) is 68.2 Å². The summed E-state index contributed by atoms with van der Waals surface area (Å²) >= 11 is 0. The lowest BCUT2D eigenvalue weighted by Crippen LogP contribution is -2.57. The summed E-state index contributed by atoms with van der Waals surface area (Å²) in [6.07, 6.45) is 7.40. The van der Waals surface area contributed by atoms with E-state index in [1.165, 1.54) is 0 Å². The smallest absolute Gasteiger partial charge is 0.256 e. The molecule has 4 atom stereocenters. The lowest BCUT2D eigenvalue weighted by Gasteiger charge is -2.45. The number of benzene rings is 2. The molecule has 0 radical (unpaired) electrons. The van der Waals surface area contributed by atoms with E-state index in [9.17, 15) is 9.59 Å². The Morgan fingerprint density at radius 2 is 1.66 bits per heavy atom. The standard InChI is InChI=1S/C43H63N11O4/c1-29-25-53(34-14-11-32(12-15-34)40(55)48-39-23-33(49-50-39)13-10-31-21-35(57-5)24-36(22-31)58-6)26-30(2)54(29)19-8-17-51-27-38(43(3,4)28-51)47-41(56)37(44)9-7-18-52-20-16-46-42(52)45/h11-12,14-16,20-24,29-30,37-38H,7-10,13,17-19,25-28,44H2,1-6H3,(H2,45,46)(H,47,56)(H2,48,49,50,55)/t29-,30+,37-,38-/m0/s1. The van der Waals surface area contributed by atoms with Gasteiger partial charge in [0.2, 0.25) is 5.91 Å². The van der Waals surface area contributed by atoms with Gasteiger partial charge in [-0.25, -0.2) is 4.98 Å². The van der Waals surface area contributed by atoms with Crippen LogP contribution < -0.4 is 36.5 Å². The summed E-state index contributed by atoms with van der Waals surface area (Å²) in [6.45, 7) is 15.3. The average Bonchev–Trinajstić information content (AvgIpc) is 3.92. The summed E-state index contributed by atoms with van der Waals surface area (Å²) in [5.74, 6) is 2.19. The van der Waals surface area contributed by atoms with Crippen molar-refractivity contribution in [1.82, 2.24) is 34.9 Å². The second-order valence-corrected chi connectivity index (χ2v) is 16.7. The Morgan fingerprint density at radius 1 is 0.948 bits per heavy atom. The number of amides is 2. The van der Waals surface area contributed by atoms with Crippen LogP contribution >= 0.6 is 0 Å². The van der Waals surface area contributed by atoms with Gasteiger partial charge < -0.3 is 45.9 Å². The fraction of sp³-hybridized carbons (Fsp3) is 0.535. The van der Waals surface area contributed by atoms with Crippen molar-refractivity contribution in [3.05, 3.63) is 77.7 Å². The fourth-order valence-electron chi connectivity index (χ4n) is 8.43. The fourth-order valence-corrected chi connectivity index (χ4v) is 8.43. The van der Waals surface area contributed by atoms with E-state index in [-0.39, 0.29) is 23.3 Å². The first kappa shape index (κ1) is 42.5. The number of imidazole rings is 1. The SMILES string of the molecule is COc1cc(CCc2cc(NC(=O)c3ccc(N4C[C@@H](C)N(CCCN5C[C@H](NC(=O)[C@@H](N)CCCn6ccnc6N)C(C)(C)C5)[C@@H](C)C4)cc3)n[nH]2)cc(OC)c1. The van der Waals surface area contributed by atoms with E-state index >= 15 is 0 Å². The van der Waals surface area contributed by atoms with Gasteiger partial charge in [-0.2, -0.15) is 5.10 Å². The Labute approximate surface area is 342 Å². The number of anilines is 3. The summed E-state index contributed by atoms with van der Waals surface area (Å²) in [7, 11) is 3.28. The quantitative estimate of drug-likeness (QED) is 0.0974. The minimum absolute atomic E-state index is 0.0418. The third-order valence-corrected chi connectivity index (χ3v) is 11.8. The van der Waals surface area contributed by atoms with Gasteiger partial charge in [-0.3, -0.25) is 19.6 Å². The van der Waals surface area contributed by atoms with E-state index in [4.69, 9.17) is 20.9 Å². The minimum Gasteiger partial charge on any atom is -0.497 e. The number of nitrogens with two attached hydrogens (primary N) is 2. The number of H-pyrrole nitrogens is 1. The third-order valence-electron chi connectivity index (χ3n) is 11.8. The van der Waals surface area contributed by atoms with Crippen molar-refractivity contribution in [2.75, 3.05) is 69.4 Å². The molecule has 0 unspecified atom stereocenters. The maximum atomic E-state index is 13.1. The molecule has 15 nitrogen and oxygen atoms in total. The van der Waals surface area contributed by atoms with Crippen LogP contribution in [0.2, 0.25) is 0 Å². The number of nitrogens with one attached hydrogen (secondary N) is 3. The van der Waals surface area contributed by atoms with Crippen molar-refractivity contribution >= 4 is 29.3 Å². The zero-order chi connectivity index (χ0) is 41.4. The van der Waals surface area contributed by atoms with Gasteiger partial charge >= 0.3 is 0 Å². The van der Waals surface area contributed by atoms with Gasteiger partial charge in [-0.05, 0) is 99.9 Å². The molecule has 2 amide bonds. The lowest BCUT2D eigenvalue weighted by atomic mass is 9.87. The van der Waals surface area contributed by atoms with Crippen LogP contribution in [-0.4, -0.2) is 119 Å². The molecule has 2 aromatic heterocycles. The molecule has 0 bridgehead atoms. The Hall–Kier alpha value is -5.12. The van der Waals surface area contributed by atoms with Crippen LogP contribution in [-0.2, 0) is 24.2 Å². The predicted molar refractivity (Wildman–Crippen MR) is 228 cm³/mol. The maximum absolute atomic E-state index is 13.1. The van der Waals surface area contributed by atoms with E-state index < -0.39 is 6.04 Å². The summed E-state index contributed by atoms with van der Waals surface area (Å²) in [5.41, 5.74) is 15.8. The van der Waals surface area contributed by atoms with Gasteiger partial charge in [-0.15, -0.1) is 0 Å². The summed E-state index contributed by atoms with van der Waals surface area (Å²) in [6, 6.07) is 15.8. The van der Waals surface area contributed by atoms with Crippen LogP contribution in [0, 0.1) is 5.41 Å². The number of likely N-dealkylation sites (tertiary alicyclic amines) is 1. The van der Waals surface area contributed by atoms with Gasteiger partial charge in [0, 0.05) is 98.9 Å². The highest BCUT2D eigenvalue weighted by Gasteiger charge is 2.40. The van der Waals surface area contributed by atoms with Crippen molar-refractivity contribution in [3.63, 3.8) is 0 Å². The molecule has 0 aliphatic carbocycles. The molecule has 0 saturated carbocycles. The first-order valence-electron chi connectivity index (χ1n) is 20.5. The highest BCUT2D eigenvalue weighted by molar-refractivity contribution is 6.04. The van der Waals surface area contributed by atoms with Crippen LogP contribution in [0.15, 0.2) is 60.9 Å². The maximum Gasteiger partial charge on any atom is 0.256 e. The first-order valence-corrected chi connectivity index (χ1v) is 20.5. The van der Waals surface area contributed by atoms with E-state index in [0.717, 1.165) is 93.4 Å². The molecular weight excluding hydrogens is 735 g/mol. The average molecular weight is 798 g/mol. The van der Waals surface area contributed by atoms with Gasteiger partial charge in [0.1, 0.15) is 11.5 Å². The number of carbonyl (C=O) groups is 2. The molecule has 2 saturated heterocycles. The minimum atomic E-state index is -0.552. The van der Waals surface area contributed by atoms with E-state index in [1.807, 2.05) is 59.3 Å². The topological polar surface area (TPSA) is 185 Å². The van der Waals surface area contributed by atoms with Crippen LogP contribution in [0.1, 0.15) is 68.6 Å². The summed E-state index contributed by atoms with van der Waals surface area (Å²) in [5, 5.41) is 13.6. The molecule has 2 fully saturated rings. The number of nitrogens with zero attached hydrogens (tertiary/aromatic N) is 6. The first-order chi connectivity index (χ1) is 27.8. The molecule has 58 heavy (non-hydrogen) atoms. The van der Waals surface area contributed by atoms with Crippen molar-refractivity contribution in [2.45, 2.75) is 90.5 Å². The zero-order valence-corrected chi connectivity index (χ0v) is 35.0. The molecule has 0 spiro atoms. The zero-order valence-electron chi connectivity index (χ0n) is 35.0. The number of piperazine rings is 1. The largest absolute Gasteiger partial charge is 0.497 e. The van der Waals surface area contributed by atoms with Crippen LogP contribution in [0.4, 0.5) is 17.5 Å². The van der Waals surface area contributed by atoms with Crippen molar-refractivity contribution in [3.8, 4) is 11.5 Å². The van der Waals surface area contributed by atoms with Crippen molar-refractivity contribution in [2.24, 2.45) is 11.1 Å². The Kier molecular flexibility index (Phi) is 14.0. The van der Waals surface area contributed by atoms with Crippen molar-refractivity contribution in [1.29, 1.82) is 0 Å². The van der Waals surface area contributed by atoms with E-state index in [0.29, 0.717) is 42.4 Å². The lowest BCUT2D eigenvalue weighted by molar-refractivity contribution is -0.123. The number of aryl methyl sites for hydroxylation is 3. The Bertz CT molecular complexity index is 1930. The van der Waals surface area contributed by atoms with Gasteiger partial charge in [0.05, 0.1) is 20.3 Å². The van der Waals surface area contributed by atoms with Gasteiger partial charge in [-0.1, -0.05) is 13.8 Å². The molecule has 7 N–H and O–H groups in total. The molecule has 15 heteroatoms. The number of hydrogen-bond donors (Lipinski definition) is 5. The second kappa shape index (κ2) is 19.1. The number of aromatic amines is 1. The van der Waals surface area contributed by atoms with Crippen LogP contribution in [0.25, 0.3) is 0 Å². The van der Waals surface area contributed by atoms with E-state index in [1.54, 1.807) is 20.4 Å². The molecule has 2 aliphatic heterocycles. The molecule has 314 valence electrons. The Morgan fingerprint density at radius 3 is 2.31 bits per heavy atom. The number of hydrogen-bond acceptors (Lipinski definition) is 11. The third kappa shape index (κ3) is 10.9. The van der Waals surface area contributed by atoms with Crippen LogP contribution in [0.3, 0.4) is 0 Å². The van der Waals surface area contributed by atoms with Crippen molar-refractivity contribution < 1.29 is 19.1 Å². The second-order valence-electron chi connectivity index (χ2n) is 16.7.